The molecule has 1 saturated heterocycles. The zero-order valence-corrected chi connectivity index (χ0v) is 11.6. The Morgan fingerprint density at radius 3 is 2.83 bits per heavy atom. The van der Waals surface area contributed by atoms with E-state index in [-0.39, 0.29) is 6.04 Å². The van der Waals surface area contributed by atoms with Crippen molar-refractivity contribution in [3.63, 3.8) is 0 Å². The van der Waals surface area contributed by atoms with E-state index >= 15 is 0 Å². The van der Waals surface area contributed by atoms with E-state index in [2.05, 4.69) is 28.9 Å². The smallest absolute Gasteiger partial charge is 0.128 e. The Kier molecular flexibility index (Phi) is 4.59. The molecule has 3 nitrogen and oxygen atoms in total. The topological polar surface area (TPSA) is 42.1 Å². The summed E-state index contributed by atoms with van der Waals surface area (Å²) in [5.74, 6) is 2.01. The van der Waals surface area contributed by atoms with E-state index in [0.717, 1.165) is 30.4 Å². The second-order valence-corrected chi connectivity index (χ2v) is 5.43. The van der Waals surface area contributed by atoms with E-state index in [9.17, 15) is 0 Å². The van der Waals surface area contributed by atoms with Gasteiger partial charge in [0.2, 0.25) is 0 Å². The number of hydrogen-bond donors (Lipinski definition) is 1. The number of nitrogens with zero attached hydrogens (tertiary/aromatic N) is 2. The Hall–Kier alpha value is -1.09. The third-order valence-corrected chi connectivity index (χ3v) is 4.05. The molecular weight excluding hydrogens is 222 g/mol. The minimum atomic E-state index is 0.0696. The molecule has 0 saturated carbocycles. The van der Waals surface area contributed by atoms with Crippen molar-refractivity contribution in [1.29, 1.82) is 0 Å². The SMILES string of the molecule is CCC1CCCN(c2ccc(C(C)N)cn2)CC1. The molecule has 1 aromatic rings. The van der Waals surface area contributed by atoms with Crippen LogP contribution in [0.4, 0.5) is 5.82 Å². The average molecular weight is 247 g/mol. The molecule has 0 amide bonds. The van der Waals surface area contributed by atoms with Gasteiger partial charge in [0.05, 0.1) is 0 Å². The summed E-state index contributed by atoms with van der Waals surface area (Å²) in [6, 6.07) is 4.29. The van der Waals surface area contributed by atoms with Crippen LogP contribution in [0.2, 0.25) is 0 Å². The number of rotatable bonds is 3. The molecule has 1 aromatic heterocycles. The van der Waals surface area contributed by atoms with E-state index in [1.807, 2.05) is 13.1 Å². The van der Waals surface area contributed by atoms with Crippen molar-refractivity contribution in [2.75, 3.05) is 18.0 Å². The maximum absolute atomic E-state index is 5.85. The Balaban J connectivity index is 2.02. The standard InChI is InChI=1S/C15H25N3/c1-3-13-5-4-9-18(10-8-13)15-7-6-14(11-17-15)12(2)16/h6-7,11-13H,3-5,8-10,16H2,1-2H3. The van der Waals surface area contributed by atoms with Crippen LogP contribution in [-0.4, -0.2) is 18.1 Å². The lowest BCUT2D eigenvalue weighted by molar-refractivity contribution is 0.459. The highest BCUT2D eigenvalue weighted by molar-refractivity contribution is 5.39. The molecule has 18 heavy (non-hydrogen) atoms. The molecule has 0 spiro atoms. The summed E-state index contributed by atoms with van der Waals surface area (Å²) in [7, 11) is 0. The fourth-order valence-corrected chi connectivity index (χ4v) is 2.66. The Labute approximate surface area is 110 Å². The highest BCUT2D eigenvalue weighted by atomic mass is 15.2. The summed E-state index contributed by atoms with van der Waals surface area (Å²) < 4.78 is 0. The van der Waals surface area contributed by atoms with Gasteiger partial charge in [0.15, 0.2) is 0 Å². The lowest BCUT2D eigenvalue weighted by Gasteiger charge is -2.22. The van der Waals surface area contributed by atoms with E-state index < -0.39 is 0 Å². The molecule has 2 unspecified atom stereocenters. The zero-order chi connectivity index (χ0) is 13.0. The van der Waals surface area contributed by atoms with E-state index in [1.54, 1.807) is 0 Å². The van der Waals surface area contributed by atoms with Gasteiger partial charge in [0.25, 0.3) is 0 Å². The first-order chi connectivity index (χ1) is 8.70. The first kappa shape index (κ1) is 13.3. The van der Waals surface area contributed by atoms with Crippen LogP contribution in [0.1, 0.15) is 51.1 Å². The van der Waals surface area contributed by atoms with Gasteiger partial charge in [-0.05, 0) is 43.7 Å². The zero-order valence-electron chi connectivity index (χ0n) is 11.6. The van der Waals surface area contributed by atoms with Crippen molar-refractivity contribution in [3.05, 3.63) is 23.9 Å². The van der Waals surface area contributed by atoms with Crippen LogP contribution in [0.15, 0.2) is 18.3 Å². The van der Waals surface area contributed by atoms with E-state index in [1.165, 1.54) is 25.7 Å². The normalized spacial score (nSPS) is 22.6. The fraction of sp³-hybridized carbons (Fsp3) is 0.667. The van der Waals surface area contributed by atoms with Crippen molar-refractivity contribution >= 4 is 5.82 Å². The molecule has 0 bridgehead atoms. The first-order valence-corrected chi connectivity index (χ1v) is 7.17. The van der Waals surface area contributed by atoms with Crippen LogP contribution in [0, 0.1) is 5.92 Å². The molecule has 3 heteroatoms. The molecule has 100 valence electrons. The van der Waals surface area contributed by atoms with Gasteiger partial charge in [0, 0.05) is 25.3 Å². The predicted molar refractivity (Wildman–Crippen MR) is 76.7 cm³/mol. The van der Waals surface area contributed by atoms with E-state index in [4.69, 9.17) is 5.73 Å². The maximum atomic E-state index is 5.85. The first-order valence-electron chi connectivity index (χ1n) is 7.17. The summed E-state index contributed by atoms with van der Waals surface area (Å²) in [5, 5.41) is 0. The minimum Gasteiger partial charge on any atom is -0.357 e. The minimum absolute atomic E-state index is 0.0696. The van der Waals surface area contributed by atoms with Crippen LogP contribution in [-0.2, 0) is 0 Å². The van der Waals surface area contributed by atoms with Crippen LogP contribution in [0.25, 0.3) is 0 Å². The van der Waals surface area contributed by atoms with Crippen molar-refractivity contribution in [2.45, 2.75) is 45.6 Å². The summed E-state index contributed by atoms with van der Waals surface area (Å²) in [6.07, 6.45) is 7.18. The van der Waals surface area contributed by atoms with E-state index in [0.29, 0.717) is 0 Å². The second-order valence-electron chi connectivity index (χ2n) is 5.43. The Morgan fingerprint density at radius 1 is 1.39 bits per heavy atom. The third kappa shape index (κ3) is 3.22. The highest BCUT2D eigenvalue weighted by Gasteiger charge is 2.16. The number of aromatic nitrogens is 1. The van der Waals surface area contributed by atoms with Crippen molar-refractivity contribution in [1.82, 2.24) is 4.98 Å². The van der Waals surface area contributed by atoms with Crippen molar-refractivity contribution in [3.8, 4) is 0 Å². The van der Waals surface area contributed by atoms with Gasteiger partial charge in [-0.2, -0.15) is 0 Å². The predicted octanol–water partition coefficient (Wildman–Crippen LogP) is 3.12. The lowest BCUT2D eigenvalue weighted by atomic mass is 9.98. The molecule has 1 fully saturated rings. The molecule has 0 radical (unpaired) electrons. The van der Waals surface area contributed by atoms with Crippen LogP contribution in [0.5, 0.6) is 0 Å². The highest BCUT2D eigenvalue weighted by Crippen LogP contribution is 2.23. The molecule has 2 atom stereocenters. The molecule has 2 heterocycles. The summed E-state index contributed by atoms with van der Waals surface area (Å²) in [5.41, 5.74) is 6.96. The summed E-state index contributed by atoms with van der Waals surface area (Å²) in [6.45, 7) is 6.58. The number of anilines is 1. The number of hydrogen-bond acceptors (Lipinski definition) is 3. The van der Waals surface area contributed by atoms with Crippen LogP contribution in [0.3, 0.4) is 0 Å². The largest absolute Gasteiger partial charge is 0.357 e. The quantitative estimate of drug-likeness (QED) is 0.892. The van der Waals surface area contributed by atoms with Gasteiger partial charge < -0.3 is 10.6 Å². The summed E-state index contributed by atoms with van der Waals surface area (Å²) >= 11 is 0. The third-order valence-electron chi connectivity index (χ3n) is 4.05. The molecule has 2 rings (SSSR count). The average Bonchev–Trinajstić information content (AvgIpc) is 2.64. The van der Waals surface area contributed by atoms with Crippen molar-refractivity contribution < 1.29 is 0 Å². The molecule has 2 N–H and O–H groups in total. The van der Waals surface area contributed by atoms with Crippen LogP contribution >= 0.6 is 0 Å². The van der Waals surface area contributed by atoms with Gasteiger partial charge in [-0.1, -0.05) is 19.4 Å². The molecule has 1 aliphatic heterocycles. The van der Waals surface area contributed by atoms with Gasteiger partial charge >= 0.3 is 0 Å². The lowest BCUT2D eigenvalue weighted by Crippen LogP contribution is -2.25. The van der Waals surface area contributed by atoms with Crippen molar-refractivity contribution in [2.24, 2.45) is 11.7 Å². The Bertz CT molecular complexity index is 359. The number of pyridine rings is 1. The van der Waals surface area contributed by atoms with Gasteiger partial charge in [0.1, 0.15) is 5.82 Å². The van der Waals surface area contributed by atoms with Gasteiger partial charge in [-0.25, -0.2) is 4.98 Å². The fourth-order valence-electron chi connectivity index (χ4n) is 2.66. The van der Waals surface area contributed by atoms with Gasteiger partial charge in [-0.15, -0.1) is 0 Å². The Morgan fingerprint density at radius 2 is 2.22 bits per heavy atom. The molecule has 1 aliphatic rings. The van der Waals surface area contributed by atoms with Gasteiger partial charge in [-0.3, -0.25) is 0 Å². The summed E-state index contributed by atoms with van der Waals surface area (Å²) in [4.78, 5) is 6.98. The second kappa shape index (κ2) is 6.19. The molecular formula is C15H25N3. The van der Waals surface area contributed by atoms with Crippen LogP contribution < -0.4 is 10.6 Å². The number of nitrogens with two attached hydrogens (primary N) is 1. The maximum Gasteiger partial charge on any atom is 0.128 e. The monoisotopic (exact) mass is 247 g/mol. The molecule has 0 aromatic carbocycles. The molecule has 0 aliphatic carbocycles.